The summed E-state index contributed by atoms with van der Waals surface area (Å²) >= 11 is 0. The third kappa shape index (κ3) is 3.13. The maximum Gasteiger partial charge on any atom is 0.166 e. The molecule has 0 aliphatic carbocycles. The van der Waals surface area contributed by atoms with Gasteiger partial charge in [-0.1, -0.05) is 6.07 Å². The molecule has 4 rings (SSSR count). The fraction of sp³-hybridized carbons (Fsp3) is 0.478. The monoisotopic (exact) mass is 382 g/mol. The second kappa shape index (κ2) is 7.46. The van der Waals surface area contributed by atoms with E-state index in [1.807, 2.05) is 6.07 Å². The topological polar surface area (TPSA) is 34.2 Å². The van der Waals surface area contributed by atoms with Gasteiger partial charge in [0.05, 0.1) is 14.2 Å². The van der Waals surface area contributed by atoms with E-state index >= 15 is 0 Å². The first-order chi connectivity index (χ1) is 13.5. The van der Waals surface area contributed by atoms with Crippen LogP contribution in [-0.4, -0.2) is 46.5 Å². The van der Waals surface area contributed by atoms with Crippen LogP contribution >= 0.6 is 0 Å². The van der Waals surface area contributed by atoms with E-state index in [1.165, 1.54) is 28.1 Å². The zero-order valence-electron chi connectivity index (χ0n) is 17.5. The van der Waals surface area contributed by atoms with Crippen LogP contribution in [0.3, 0.4) is 0 Å². The highest BCUT2D eigenvalue weighted by atomic mass is 16.5. The first kappa shape index (κ1) is 18.8. The van der Waals surface area contributed by atoms with E-state index < -0.39 is 0 Å². The van der Waals surface area contributed by atoms with Crippen molar-refractivity contribution in [1.82, 2.24) is 0 Å². The predicted octanol–water partition coefficient (Wildman–Crippen LogP) is 3.97. The molecule has 1 saturated heterocycles. The molecule has 150 valence electrons. The number of hydrogen-bond donors (Lipinski definition) is 0. The summed E-state index contributed by atoms with van der Waals surface area (Å²) in [4.78, 5) is 4.94. The Bertz CT molecular complexity index is 873. The van der Waals surface area contributed by atoms with E-state index in [0.29, 0.717) is 0 Å². The van der Waals surface area contributed by atoms with Crippen molar-refractivity contribution in [2.24, 2.45) is 0 Å². The molecule has 0 amide bonds. The highest BCUT2D eigenvalue weighted by Gasteiger charge is 2.31. The van der Waals surface area contributed by atoms with Gasteiger partial charge in [0, 0.05) is 61.2 Å². The van der Waals surface area contributed by atoms with E-state index in [1.54, 1.807) is 14.2 Å². The molecule has 1 unspecified atom stereocenters. The molecule has 5 heteroatoms. The quantitative estimate of drug-likeness (QED) is 0.799. The van der Waals surface area contributed by atoms with Crippen molar-refractivity contribution in [3.8, 4) is 17.2 Å². The van der Waals surface area contributed by atoms with Crippen LogP contribution in [0.15, 0.2) is 24.3 Å². The average Bonchev–Trinajstić information content (AvgIpc) is 3.10. The zero-order chi connectivity index (χ0) is 19.8. The van der Waals surface area contributed by atoms with Crippen molar-refractivity contribution in [3.63, 3.8) is 0 Å². The second-order valence-electron chi connectivity index (χ2n) is 7.75. The molecule has 2 aliphatic heterocycles. The van der Waals surface area contributed by atoms with Crippen LogP contribution in [0.2, 0.25) is 0 Å². The van der Waals surface area contributed by atoms with Gasteiger partial charge in [-0.2, -0.15) is 0 Å². The minimum Gasteiger partial charge on any atom is -0.497 e. The lowest BCUT2D eigenvalue weighted by molar-refractivity contribution is 0.243. The summed E-state index contributed by atoms with van der Waals surface area (Å²) in [5.74, 6) is 2.75. The smallest absolute Gasteiger partial charge is 0.166 e. The molecule has 2 aromatic rings. The molecule has 0 bridgehead atoms. The SMILES string of the molecule is COc1cccc(N2CCN(c3c(C)c4c(c(OC)c3C)OC(C)C4)CC2)c1. The Hall–Kier alpha value is -2.56. The predicted molar refractivity (Wildman–Crippen MR) is 114 cm³/mol. The standard InChI is InChI=1S/C23H30N2O3/c1-15-13-20-16(2)21(17(3)22(27-5)23(20)28-15)25-11-9-24(10-12-25)18-7-6-8-19(14-18)26-4/h6-8,14-15H,9-13H2,1-5H3. The fourth-order valence-corrected chi connectivity index (χ4v) is 4.63. The van der Waals surface area contributed by atoms with Crippen molar-refractivity contribution in [2.75, 3.05) is 50.2 Å². The molecular weight excluding hydrogens is 352 g/mol. The minimum absolute atomic E-state index is 0.210. The molecular formula is C23H30N2O3. The van der Waals surface area contributed by atoms with Gasteiger partial charge in [0.1, 0.15) is 11.9 Å². The number of fused-ring (bicyclic) bond motifs is 1. The highest BCUT2D eigenvalue weighted by molar-refractivity contribution is 5.73. The van der Waals surface area contributed by atoms with Gasteiger partial charge in [0.15, 0.2) is 11.5 Å². The van der Waals surface area contributed by atoms with Gasteiger partial charge in [0.2, 0.25) is 0 Å². The molecule has 0 aromatic heterocycles. The maximum atomic E-state index is 6.07. The number of piperazine rings is 1. The highest BCUT2D eigenvalue weighted by Crippen LogP contribution is 2.47. The summed E-state index contributed by atoms with van der Waals surface area (Å²) in [6.45, 7) is 10.4. The summed E-state index contributed by atoms with van der Waals surface area (Å²) in [5, 5.41) is 0. The molecule has 28 heavy (non-hydrogen) atoms. The Morgan fingerprint density at radius 2 is 1.68 bits per heavy atom. The van der Waals surface area contributed by atoms with Crippen molar-refractivity contribution >= 4 is 11.4 Å². The molecule has 2 aliphatic rings. The van der Waals surface area contributed by atoms with E-state index in [2.05, 4.69) is 48.8 Å². The number of methoxy groups -OCH3 is 2. The number of rotatable bonds is 4. The Kier molecular flexibility index (Phi) is 5.00. The van der Waals surface area contributed by atoms with Crippen LogP contribution < -0.4 is 24.0 Å². The van der Waals surface area contributed by atoms with Crippen LogP contribution in [0.4, 0.5) is 11.4 Å². The lowest BCUT2D eigenvalue weighted by Gasteiger charge is -2.39. The Morgan fingerprint density at radius 3 is 2.36 bits per heavy atom. The molecule has 0 radical (unpaired) electrons. The Balaban J connectivity index is 1.59. The van der Waals surface area contributed by atoms with Crippen LogP contribution in [0.5, 0.6) is 17.2 Å². The van der Waals surface area contributed by atoms with Crippen LogP contribution in [0, 0.1) is 13.8 Å². The van der Waals surface area contributed by atoms with Gasteiger partial charge >= 0.3 is 0 Å². The third-order valence-electron chi connectivity index (χ3n) is 6.01. The minimum atomic E-state index is 0.210. The summed E-state index contributed by atoms with van der Waals surface area (Å²) in [6, 6.07) is 8.32. The number of ether oxygens (including phenoxy) is 3. The van der Waals surface area contributed by atoms with E-state index in [9.17, 15) is 0 Å². The second-order valence-corrected chi connectivity index (χ2v) is 7.75. The summed E-state index contributed by atoms with van der Waals surface area (Å²) in [5.41, 5.74) is 6.37. The van der Waals surface area contributed by atoms with Gasteiger partial charge in [0.25, 0.3) is 0 Å². The number of nitrogens with zero attached hydrogens (tertiary/aromatic N) is 2. The molecule has 1 atom stereocenters. The van der Waals surface area contributed by atoms with Crippen molar-refractivity contribution in [3.05, 3.63) is 41.0 Å². The molecule has 5 nitrogen and oxygen atoms in total. The molecule has 2 heterocycles. The lowest BCUT2D eigenvalue weighted by Crippen LogP contribution is -2.47. The molecule has 0 saturated carbocycles. The molecule has 0 N–H and O–H groups in total. The summed E-state index contributed by atoms with van der Waals surface area (Å²) in [7, 11) is 3.46. The molecule has 1 fully saturated rings. The first-order valence-corrected chi connectivity index (χ1v) is 10.0. The van der Waals surface area contributed by atoms with Crippen LogP contribution in [0.1, 0.15) is 23.6 Å². The van der Waals surface area contributed by atoms with Crippen molar-refractivity contribution < 1.29 is 14.2 Å². The zero-order valence-corrected chi connectivity index (χ0v) is 17.5. The Labute approximate surface area is 167 Å². The van der Waals surface area contributed by atoms with Gasteiger partial charge in [-0.3, -0.25) is 0 Å². The summed E-state index contributed by atoms with van der Waals surface area (Å²) in [6.07, 6.45) is 1.16. The lowest BCUT2D eigenvalue weighted by atomic mass is 9.96. The largest absolute Gasteiger partial charge is 0.497 e. The maximum absolute atomic E-state index is 6.07. The molecule has 2 aromatic carbocycles. The van der Waals surface area contributed by atoms with E-state index in [0.717, 1.165) is 49.8 Å². The van der Waals surface area contributed by atoms with E-state index in [4.69, 9.17) is 14.2 Å². The normalized spacial score (nSPS) is 18.7. The number of benzene rings is 2. The van der Waals surface area contributed by atoms with Crippen LogP contribution in [-0.2, 0) is 6.42 Å². The Morgan fingerprint density at radius 1 is 0.964 bits per heavy atom. The van der Waals surface area contributed by atoms with E-state index in [-0.39, 0.29) is 6.10 Å². The van der Waals surface area contributed by atoms with Gasteiger partial charge < -0.3 is 24.0 Å². The van der Waals surface area contributed by atoms with Gasteiger partial charge in [-0.05, 0) is 38.5 Å². The average molecular weight is 383 g/mol. The number of hydrogen-bond acceptors (Lipinski definition) is 5. The first-order valence-electron chi connectivity index (χ1n) is 10.0. The summed E-state index contributed by atoms with van der Waals surface area (Å²) < 4.78 is 17.2. The molecule has 0 spiro atoms. The fourth-order valence-electron chi connectivity index (χ4n) is 4.63. The van der Waals surface area contributed by atoms with Gasteiger partial charge in [-0.15, -0.1) is 0 Å². The number of anilines is 2. The third-order valence-corrected chi connectivity index (χ3v) is 6.01. The van der Waals surface area contributed by atoms with Crippen molar-refractivity contribution in [2.45, 2.75) is 33.3 Å². The van der Waals surface area contributed by atoms with Crippen LogP contribution in [0.25, 0.3) is 0 Å². The van der Waals surface area contributed by atoms with Crippen molar-refractivity contribution in [1.29, 1.82) is 0 Å². The van der Waals surface area contributed by atoms with Gasteiger partial charge in [-0.25, -0.2) is 0 Å².